The van der Waals surface area contributed by atoms with Gasteiger partial charge in [0.15, 0.2) is 6.61 Å². The lowest BCUT2D eigenvalue weighted by atomic mass is 10.0. The van der Waals surface area contributed by atoms with Crippen molar-refractivity contribution in [2.45, 2.75) is 6.92 Å². The van der Waals surface area contributed by atoms with Gasteiger partial charge in [-0.15, -0.1) is 0 Å². The van der Waals surface area contributed by atoms with Crippen molar-refractivity contribution in [1.29, 1.82) is 0 Å². The van der Waals surface area contributed by atoms with Crippen molar-refractivity contribution in [3.8, 4) is 16.9 Å². The van der Waals surface area contributed by atoms with Crippen LogP contribution in [0.15, 0.2) is 57.7 Å². The van der Waals surface area contributed by atoms with Gasteiger partial charge in [0.25, 0.3) is 0 Å². The Bertz CT molecular complexity index is 941. The maximum Gasteiger partial charge on any atom is 0.343 e. The maximum atomic E-state index is 11.9. The molecule has 0 amide bonds. The van der Waals surface area contributed by atoms with Crippen LogP contribution in [0.3, 0.4) is 0 Å². The number of hydrogen-bond acceptors (Lipinski definition) is 5. The molecule has 0 radical (unpaired) electrons. The van der Waals surface area contributed by atoms with Gasteiger partial charge in [-0.2, -0.15) is 0 Å². The molecule has 3 rings (SSSR count). The zero-order chi connectivity index (χ0) is 17.1. The Balaban J connectivity index is 2.23. The molecule has 0 spiro atoms. The number of ether oxygens (including phenoxy) is 2. The second-order valence-corrected chi connectivity index (χ2v) is 5.35. The topological polar surface area (TPSA) is 65.7 Å². The second kappa shape index (κ2) is 6.58. The number of rotatable bonds is 4. The Hall–Kier alpha value is -3.08. The molecule has 2 aromatic carbocycles. The van der Waals surface area contributed by atoms with E-state index in [0.29, 0.717) is 22.3 Å². The van der Waals surface area contributed by atoms with Crippen LogP contribution < -0.4 is 10.4 Å². The maximum absolute atomic E-state index is 11.9. The number of esters is 1. The summed E-state index contributed by atoms with van der Waals surface area (Å²) in [5.41, 5.74) is 2.40. The first-order chi connectivity index (χ1) is 11.6. The van der Waals surface area contributed by atoms with Crippen LogP contribution in [0.2, 0.25) is 0 Å². The predicted octanol–water partition coefficient (Wildman–Crippen LogP) is 3.32. The van der Waals surface area contributed by atoms with Crippen LogP contribution in [0.25, 0.3) is 22.1 Å². The average molecular weight is 324 g/mol. The highest BCUT2D eigenvalue weighted by Crippen LogP contribution is 2.35. The van der Waals surface area contributed by atoms with E-state index in [1.807, 2.05) is 37.3 Å². The quantitative estimate of drug-likeness (QED) is 0.544. The van der Waals surface area contributed by atoms with Gasteiger partial charge in [0.05, 0.1) is 12.5 Å². The molecule has 0 atom stereocenters. The van der Waals surface area contributed by atoms with E-state index in [-0.39, 0.29) is 6.61 Å². The van der Waals surface area contributed by atoms with Crippen LogP contribution in [0.1, 0.15) is 5.56 Å². The van der Waals surface area contributed by atoms with Crippen molar-refractivity contribution >= 4 is 16.9 Å². The van der Waals surface area contributed by atoms with Crippen molar-refractivity contribution < 1.29 is 18.7 Å². The molecule has 0 saturated carbocycles. The number of carbonyl (C=O) groups excluding carboxylic acids is 1. The highest BCUT2D eigenvalue weighted by Gasteiger charge is 2.15. The lowest BCUT2D eigenvalue weighted by Gasteiger charge is -2.12. The SMILES string of the molecule is COC(=O)COc1cc(C)cc2oc(=O)cc(-c3ccccc3)c12. The van der Waals surface area contributed by atoms with Crippen LogP contribution in [0.5, 0.6) is 5.75 Å². The normalized spacial score (nSPS) is 10.6. The molecule has 0 unspecified atom stereocenters. The summed E-state index contributed by atoms with van der Waals surface area (Å²) in [4.78, 5) is 23.3. The minimum Gasteiger partial charge on any atom is -0.481 e. The largest absolute Gasteiger partial charge is 0.481 e. The summed E-state index contributed by atoms with van der Waals surface area (Å²) in [6.07, 6.45) is 0. The summed E-state index contributed by atoms with van der Waals surface area (Å²) in [5.74, 6) is -0.0127. The van der Waals surface area contributed by atoms with E-state index in [4.69, 9.17) is 9.15 Å². The first-order valence-electron chi connectivity index (χ1n) is 7.42. The minimum atomic E-state index is -0.483. The van der Waals surface area contributed by atoms with E-state index in [1.54, 1.807) is 12.1 Å². The molecule has 0 N–H and O–H groups in total. The van der Waals surface area contributed by atoms with Crippen molar-refractivity contribution in [2.24, 2.45) is 0 Å². The van der Waals surface area contributed by atoms with E-state index >= 15 is 0 Å². The summed E-state index contributed by atoms with van der Waals surface area (Å²) < 4.78 is 15.6. The third-order valence-electron chi connectivity index (χ3n) is 3.61. The third-order valence-corrected chi connectivity index (χ3v) is 3.61. The van der Waals surface area contributed by atoms with Gasteiger partial charge in [-0.25, -0.2) is 9.59 Å². The molecule has 5 nitrogen and oxygen atoms in total. The van der Waals surface area contributed by atoms with E-state index in [1.165, 1.54) is 13.2 Å². The molecule has 0 bridgehead atoms. The fraction of sp³-hybridized carbons (Fsp3) is 0.158. The fourth-order valence-corrected chi connectivity index (χ4v) is 2.55. The van der Waals surface area contributed by atoms with Gasteiger partial charge in [-0.1, -0.05) is 30.3 Å². The Morgan fingerprint density at radius 2 is 1.88 bits per heavy atom. The van der Waals surface area contributed by atoms with Gasteiger partial charge < -0.3 is 13.9 Å². The van der Waals surface area contributed by atoms with E-state index < -0.39 is 11.6 Å². The molecule has 0 aliphatic carbocycles. The fourth-order valence-electron chi connectivity index (χ4n) is 2.55. The van der Waals surface area contributed by atoms with E-state index in [0.717, 1.165) is 11.1 Å². The molecule has 0 fully saturated rings. The first-order valence-corrected chi connectivity index (χ1v) is 7.42. The lowest BCUT2D eigenvalue weighted by Crippen LogP contribution is -2.13. The molecule has 0 aliphatic heterocycles. The zero-order valence-corrected chi connectivity index (χ0v) is 13.4. The van der Waals surface area contributed by atoms with Crippen LogP contribution in [0.4, 0.5) is 0 Å². The minimum absolute atomic E-state index is 0.220. The van der Waals surface area contributed by atoms with Gasteiger partial charge in [-0.3, -0.25) is 0 Å². The highest BCUT2D eigenvalue weighted by molar-refractivity contribution is 5.98. The molecule has 122 valence electrons. The van der Waals surface area contributed by atoms with E-state index in [2.05, 4.69) is 4.74 Å². The number of methoxy groups -OCH3 is 1. The molecular formula is C19H16O5. The predicted molar refractivity (Wildman–Crippen MR) is 90.2 cm³/mol. The molecule has 0 aliphatic rings. The van der Waals surface area contributed by atoms with Crippen molar-refractivity contribution in [3.63, 3.8) is 0 Å². The molecule has 3 aromatic rings. The van der Waals surface area contributed by atoms with Crippen LogP contribution >= 0.6 is 0 Å². The number of benzene rings is 2. The molecule has 24 heavy (non-hydrogen) atoms. The van der Waals surface area contributed by atoms with Crippen molar-refractivity contribution in [2.75, 3.05) is 13.7 Å². The molecule has 5 heteroatoms. The third kappa shape index (κ3) is 3.15. The molecule has 0 saturated heterocycles. The van der Waals surface area contributed by atoms with Crippen molar-refractivity contribution in [3.05, 3.63) is 64.5 Å². The monoisotopic (exact) mass is 324 g/mol. The van der Waals surface area contributed by atoms with E-state index in [9.17, 15) is 9.59 Å². The highest BCUT2D eigenvalue weighted by atomic mass is 16.6. The van der Waals surface area contributed by atoms with Crippen LogP contribution in [-0.4, -0.2) is 19.7 Å². The van der Waals surface area contributed by atoms with Crippen LogP contribution in [0, 0.1) is 6.92 Å². The van der Waals surface area contributed by atoms with Gasteiger partial charge in [-0.05, 0) is 30.2 Å². The Morgan fingerprint density at radius 3 is 2.58 bits per heavy atom. The number of aryl methyl sites for hydroxylation is 1. The van der Waals surface area contributed by atoms with Gasteiger partial charge >= 0.3 is 11.6 Å². The Labute approximate surface area is 138 Å². The summed E-state index contributed by atoms with van der Waals surface area (Å²) in [5, 5.41) is 0.648. The summed E-state index contributed by atoms with van der Waals surface area (Å²) in [6.45, 7) is 1.64. The average Bonchev–Trinajstić information content (AvgIpc) is 2.58. The summed E-state index contributed by atoms with van der Waals surface area (Å²) in [7, 11) is 1.30. The lowest BCUT2D eigenvalue weighted by molar-refractivity contribution is -0.142. The Morgan fingerprint density at radius 1 is 1.12 bits per heavy atom. The Kier molecular flexibility index (Phi) is 4.33. The summed E-state index contributed by atoms with van der Waals surface area (Å²) >= 11 is 0. The zero-order valence-electron chi connectivity index (χ0n) is 13.4. The number of carbonyl (C=O) groups is 1. The molecule has 1 heterocycles. The van der Waals surface area contributed by atoms with Crippen molar-refractivity contribution in [1.82, 2.24) is 0 Å². The van der Waals surface area contributed by atoms with Crippen LogP contribution in [-0.2, 0) is 9.53 Å². The number of hydrogen-bond donors (Lipinski definition) is 0. The van der Waals surface area contributed by atoms with Gasteiger partial charge in [0.1, 0.15) is 11.3 Å². The molecular weight excluding hydrogens is 308 g/mol. The standard InChI is InChI=1S/C19H16O5/c1-12-8-15(23-11-18(21)22-2)19-14(13-6-4-3-5-7-13)10-17(20)24-16(19)9-12/h3-10H,11H2,1-2H3. The van der Waals surface area contributed by atoms with Gasteiger partial charge in [0, 0.05) is 11.6 Å². The smallest absolute Gasteiger partial charge is 0.343 e. The number of fused-ring (bicyclic) bond motifs is 1. The molecule has 1 aromatic heterocycles. The summed E-state index contributed by atoms with van der Waals surface area (Å²) in [6, 6.07) is 14.5. The van der Waals surface area contributed by atoms with Gasteiger partial charge in [0.2, 0.25) is 0 Å². The first kappa shape index (κ1) is 15.8. The second-order valence-electron chi connectivity index (χ2n) is 5.35.